The van der Waals surface area contributed by atoms with Gasteiger partial charge in [-0.15, -0.1) is 5.10 Å². The topological polar surface area (TPSA) is 86.0 Å². The Bertz CT molecular complexity index is 841. The first-order valence-corrected chi connectivity index (χ1v) is 10.1. The predicted octanol–water partition coefficient (Wildman–Crippen LogP) is 2.94. The fourth-order valence-corrected chi connectivity index (χ4v) is 5.81. The second kappa shape index (κ2) is 6.48. The fraction of sp³-hybridized carbons (Fsp3) is 0.600. The minimum atomic E-state index is -0.195. The molecule has 1 aromatic heterocycles. The van der Waals surface area contributed by atoms with Gasteiger partial charge in [0.1, 0.15) is 5.82 Å². The molecule has 5 rings (SSSR count). The van der Waals surface area contributed by atoms with E-state index in [0.29, 0.717) is 11.3 Å². The average molecular weight is 370 g/mol. The molecule has 0 unspecified atom stereocenters. The Morgan fingerprint density at radius 1 is 1.04 bits per heavy atom. The summed E-state index contributed by atoms with van der Waals surface area (Å²) in [5.41, 5.74) is 13.0. The molecule has 1 aromatic carbocycles. The number of fused-ring (bicyclic) bond motifs is 2. The van der Waals surface area contributed by atoms with Crippen molar-refractivity contribution >= 4 is 11.9 Å². The van der Waals surface area contributed by atoms with Crippen molar-refractivity contribution in [1.29, 1.82) is 0 Å². The molecule has 2 aliphatic carbocycles. The van der Waals surface area contributed by atoms with E-state index in [-0.39, 0.29) is 23.6 Å². The highest BCUT2D eigenvalue weighted by atomic mass is 19.1. The van der Waals surface area contributed by atoms with E-state index < -0.39 is 0 Å². The van der Waals surface area contributed by atoms with E-state index >= 15 is 0 Å². The molecule has 27 heavy (non-hydrogen) atoms. The van der Waals surface area contributed by atoms with Crippen molar-refractivity contribution in [2.24, 2.45) is 11.8 Å². The Labute approximate surface area is 158 Å². The number of nitrogens with zero attached hydrogens (tertiary/aromatic N) is 4. The van der Waals surface area contributed by atoms with Crippen LogP contribution >= 0.6 is 0 Å². The van der Waals surface area contributed by atoms with Crippen LogP contribution in [0.1, 0.15) is 50.0 Å². The second-order valence-electron chi connectivity index (χ2n) is 8.47. The van der Waals surface area contributed by atoms with Gasteiger partial charge in [0.15, 0.2) is 0 Å². The van der Waals surface area contributed by atoms with Crippen molar-refractivity contribution in [3.8, 4) is 5.69 Å². The molecular formula is C20H27FN6. The normalized spacial score (nSPS) is 28.9. The van der Waals surface area contributed by atoms with Crippen molar-refractivity contribution in [3.05, 3.63) is 29.6 Å². The maximum atomic E-state index is 14.8. The van der Waals surface area contributed by atoms with Crippen LogP contribution in [0.3, 0.4) is 0 Å². The van der Waals surface area contributed by atoms with E-state index in [9.17, 15) is 4.39 Å². The van der Waals surface area contributed by atoms with Crippen LogP contribution in [0.15, 0.2) is 18.2 Å². The molecular weight excluding hydrogens is 343 g/mol. The number of hydrogen-bond donors (Lipinski definition) is 2. The molecule has 0 radical (unpaired) electrons. The number of halogens is 1. The monoisotopic (exact) mass is 370 g/mol. The van der Waals surface area contributed by atoms with Crippen LogP contribution in [0.2, 0.25) is 0 Å². The van der Waals surface area contributed by atoms with E-state index in [1.807, 2.05) is 6.07 Å². The quantitative estimate of drug-likeness (QED) is 0.868. The summed E-state index contributed by atoms with van der Waals surface area (Å²) in [6, 6.07) is 5.83. The molecule has 2 saturated carbocycles. The van der Waals surface area contributed by atoms with Crippen LogP contribution in [0.5, 0.6) is 0 Å². The summed E-state index contributed by atoms with van der Waals surface area (Å²) in [5.74, 6) is 2.12. The Balaban J connectivity index is 1.37. The molecule has 7 heteroatoms. The van der Waals surface area contributed by atoms with Gasteiger partial charge in [0, 0.05) is 11.6 Å². The van der Waals surface area contributed by atoms with Crippen molar-refractivity contribution in [2.45, 2.75) is 50.5 Å². The molecule has 3 fully saturated rings. The van der Waals surface area contributed by atoms with Gasteiger partial charge in [-0.3, -0.25) is 0 Å². The highest BCUT2D eigenvalue weighted by Gasteiger charge is 2.43. The molecule has 0 amide bonds. The lowest BCUT2D eigenvalue weighted by Gasteiger charge is -2.40. The number of aromatic nitrogens is 3. The van der Waals surface area contributed by atoms with E-state index in [4.69, 9.17) is 11.5 Å². The average Bonchev–Trinajstić information content (AvgIpc) is 3.37. The lowest BCUT2D eigenvalue weighted by Crippen LogP contribution is -2.43. The summed E-state index contributed by atoms with van der Waals surface area (Å²) in [4.78, 5) is 6.64. The molecule has 2 aromatic rings. The summed E-state index contributed by atoms with van der Waals surface area (Å²) in [6.45, 7) is 2.09. The Kier molecular flexibility index (Phi) is 4.07. The van der Waals surface area contributed by atoms with Gasteiger partial charge in [0.05, 0.1) is 5.69 Å². The Morgan fingerprint density at radius 2 is 1.85 bits per heavy atom. The summed E-state index contributed by atoms with van der Waals surface area (Å²) >= 11 is 0. The first-order chi connectivity index (χ1) is 13.1. The summed E-state index contributed by atoms with van der Waals surface area (Å²) in [5, 5.41) is 4.16. The molecule has 1 saturated heterocycles. The zero-order valence-corrected chi connectivity index (χ0v) is 15.5. The first-order valence-electron chi connectivity index (χ1n) is 10.1. The molecule has 2 bridgehead atoms. The van der Waals surface area contributed by atoms with Gasteiger partial charge < -0.3 is 16.4 Å². The maximum absolute atomic E-state index is 14.8. The van der Waals surface area contributed by atoms with Gasteiger partial charge in [-0.25, -0.2) is 4.39 Å². The number of anilines is 2. The second-order valence-corrected chi connectivity index (χ2v) is 8.47. The Hall–Kier alpha value is -2.15. The summed E-state index contributed by atoms with van der Waals surface area (Å²) < 4.78 is 16.3. The lowest BCUT2D eigenvalue weighted by molar-refractivity contribution is 0.110. The third kappa shape index (κ3) is 2.88. The van der Waals surface area contributed by atoms with E-state index in [0.717, 1.165) is 43.8 Å². The van der Waals surface area contributed by atoms with Crippen LogP contribution < -0.4 is 11.5 Å². The molecule has 0 spiro atoms. The highest BCUT2D eigenvalue weighted by Crippen LogP contribution is 2.47. The number of nitrogen functional groups attached to an aromatic ring is 2. The Morgan fingerprint density at radius 3 is 2.48 bits per heavy atom. The number of rotatable bonds is 3. The number of piperidine rings is 1. The van der Waals surface area contributed by atoms with Crippen molar-refractivity contribution in [1.82, 2.24) is 19.7 Å². The standard InChI is InChI=1S/C20H27FN6/c21-15-2-1-3-16(27-20(23)24-19(22)25-27)18(15)13-6-8-26(9-7-13)17-11-12-4-5-14(17)10-12/h1-3,12-14,17H,4-11H2,(H4,22,23,24,25)/t12-,14+,17+/m1/s1. The van der Waals surface area contributed by atoms with Gasteiger partial charge in [-0.2, -0.15) is 9.67 Å². The summed E-state index contributed by atoms with van der Waals surface area (Å²) in [6.07, 6.45) is 7.56. The largest absolute Gasteiger partial charge is 0.368 e. The zero-order chi connectivity index (χ0) is 18.5. The number of benzene rings is 1. The third-order valence-electron chi connectivity index (χ3n) is 7.01. The molecule has 6 nitrogen and oxygen atoms in total. The van der Waals surface area contributed by atoms with Crippen LogP contribution in [0.25, 0.3) is 5.69 Å². The van der Waals surface area contributed by atoms with E-state index in [2.05, 4.69) is 15.0 Å². The molecule has 3 atom stereocenters. The smallest absolute Gasteiger partial charge is 0.241 e. The minimum absolute atomic E-state index is 0.105. The van der Waals surface area contributed by atoms with E-state index in [1.165, 1.54) is 36.4 Å². The van der Waals surface area contributed by atoms with Crippen molar-refractivity contribution < 1.29 is 4.39 Å². The summed E-state index contributed by atoms with van der Waals surface area (Å²) in [7, 11) is 0. The number of likely N-dealkylation sites (tertiary alicyclic amines) is 1. The third-order valence-corrected chi connectivity index (χ3v) is 7.01. The molecule has 2 heterocycles. The van der Waals surface area contributed by atoms with Crippen molar-refractivity contribution in [2.75, 3.05) is 24.6 Å². The predicted molar refractivity (Wildman–Crippen MR) is 103 cm³/mol. The molecule has 4 N–H and O–H groups in total. The molecule has 1 aliphatic heterocycles. The van der Waals surface area contributed by atoms with E-state index in [1.54, 1.807) is 6.07 Å². The van der Waals surface area contributed by atoms with Crippen molar-refractivity contribution in [3.63, 3.8) is 0 Å². The van der Waals surface area contributed by atoms with Crippen LogP contribution in [0.4, 0.5) is 16.3 Å². The maximum Gasteiger partial charge on any atom is 0.241 e. The van der Waals surface area contributed by atoms with Gasteiger partial charge in [-0.05, 0) is 75.1 Å². The zero-order valence-electron chi connectivity index (χ0n) is 15.5. The van der Waals surface area contributed by atoms with Crippen LogP contribution in [-0.2, 0) is 0 Å². The number of nitrogens with two attached hydrogens (primary N) is 2. The first kappa shape index (κ1) is 17.0. The van der Waals surface area contributed by atoms with Crippen LogP contribution in [-0.4, -0.2) is 38.8 Å². The SMILES string of the molecule is Nc1nc(N)n(-c2cccc(F)c2C2CCN([C@H]3C[C@@H]4CC[C@H]3C4)CC2)n1. The van der Waals surface area contributed by atoms with Gasteiger partial charge in [-0.1, -0.05) is 12.5 Å². The molecule has 3 aliphatic rings. The highest BCUT2D eigenvalue weighted by molar-refractivity contribution is 5.48. The lowest BCUT2D eigenvalue weighted by atomic mass is 9.85. The molecule has 144 valence electrons. The van der Waals surface area contributed by atoms with Crippen LogP contribution in [0, 0.1) is 17.7 Å². The van der Waals surface area contributed by atoms with Gasteiger partial charge in [0.2, 0.25) is 11.9 Å². The number of hydrogen-bond acceptors (Lipinski definition) is 5. The fourth-order valence-electron chi connectivity index (χ4n) is 5.81. The minimum Gasteiger partial charge on any atom is -0.368 e. The van der Waals surface area contributed by atoms with Gasteiger partial charge >= 0.3 is 0 Å². The van der Waals surface area contributed by atoms with Gasteiger partial charge in [0.25, 0.3) is 0 Å².